The maximum atomic E-state index is 9.25. The zero-order valence-electron chi connectivity index (χ0n) is 4.44. The Morgan fingerprint density at radius 1 is 1.22 bits per heavy atom. The molecule has 52 valence electrons. The van der Waals surface area contributed by atoms with E-state index >= 15 is 0 Å². The van der Waals surface area contributed by atoms with Crippen molar-refractivity contribution in [3.8, 4) is 0 Å². The molecular formula is C4H6O5. The van der Waals surface area contributed by atoms with Crippen LogP contribution < -0.4 is 0 Å². The summed E-state index contributed by atoms with van der Waals surface area (Å²) in [5, 5.41) is 21.5. The molecule has 0 atom stereocenters. The lowest BCUT2D eigenvalue weighted by atomic mass is 10.7. The van der Waals surface area contributed by atoms with Gasteiger partial charge in [0.15, 0.2) is 0 Å². The molecule has 0 saturated carbocycles. The van der Waals surface area contributed by atoms with E-state index in [1.165, 1.54) is 0 Å². The summed E-state index contributed by atoms with van der Waals surface area (Å²) in [6.45, 7) is 2.96. The first-order valence-electron chi connectivity index (χ1n) is 1.78. The van der Waals surface area contributed by atoms with Gasteiger partial charge in [0.1, 0.15) is 0 Å². The molecule has 0 aromatic carbocycles. The van der Waals surface area contributed by atoms with Crippen LogP contribution in [0.25, 0.3) is 0 Å². The van der Waals surface area contributed by atoms with E-state index in [-0.39, 0.29) is 0 Å². The first-order chi connectivity index (χ1) is 4.00. The summed E-state index contributed by atoms with van der Waals surface area (Å²) in [6, 6.07) is 0. The maximum Gasteiger partial charge on any atom is 0.503 e. The zero-order chi connectivity index (χ0) is 7.86. The summed E-state index contributed by atoms with van der Waals surface area (Å²) in [7, 11) is 0. The third-order valence-corrected chi connectivity index (χ3v) is 0.175. The molecule has 3 N–H and O–H groups in total. The van der Waals surface area contributed by atoms with E-state index in [1.54, 1.807) is 0 Å². The lowest BCUT2D eigenvalue weighted by Gasteiger charge is -1.64. The summed E-state index contributed by atoms with van der Waals surface area (Å²) in [6.07, 6.45) is -1.00. The number of hydrogen-bond donors (Lipinski definition) is 3. The van der Waals surface area contributed by atoms with Crippen molar-refractivity contribution in [3.63, 3.8) is 0 Å². The van der Waals surface area contributed by atoms with E-state index < -0.39 is 12.1 Å². The molecule has 5 nitrogen and oxygen atoms in total. The predicted octanol–water partition coefficient (Wildman–Crippen LogP) is 0.479. The van der Waals surface area contributed by atoms with Crippen LogP contribution in [0.5, 0.6) is 0 Å². The number of carbonyl (C=O) groups is 2. The van der Waals surface area contributed by atoms with Crippen LogP contribution in [0.15, 0.2) is 12.7 Å². The topological polar surface area (TPSA) is 94.8 Å². The average molecular weight is 134 g/mol. The lowest BCUT2D eigenvalue weighted by molar-refractivity contribution is -0.131. The van der Waals surface area contributed by atoms with Gasteiger partial charge in [0.2, 0.25) is 0 Å². The third-order valence-electron chi connectivity index (χ3n) is 0.175. The Morgan fingerprint density at radius 2 is 1.33 bits per heavy atom. The van der Waals surface area contributed by atoms with Crippen LogP contribution in [0.3, 0.4) is 0 Å². The van der Waals surface area contributed by atoms with Gasteiger partial charge in [-0.05, 0) is 0 Å². The van der Waals surface area contributed by atoms with E-state index in [0.29, 0.717) is 0 Å². The van der Waals surface area contributed by atoms with Gasteiger partial charge in [0, 0.05) is 6.08 Å². The molecular weight excluding hydrogens is 128 g/mol. The summed E-state index contributed by atoms with van der Waals surface area (Å²) in [5.74, 6) is -0.981. The monoisotopic (exact) mass is 134 g/mol. The molecule has 0 fully saturated rings. The highest BCUT2D eigenvalue weighted by Gasteiger charge is 1.73. The van der Waals surface area contributed by atoms with Gasteiger partial charge >= 0.3 is 12.1 Å². The van der Waals surface area contributed by atoms with Gasteiger partial charge in [0.25, 0.3) is 0 Å². The molecule has 0 aliphatic rings. The van der Waals surface area contributed by atoms with Crippen LogP contribution in [-0.4, -0.2) is 27.4 Å². The van der Waals surface area contributed by atoms with E-state index in [4.69, 9.17) is 20.1 Å². The van der Waals surface area contributed by atoms with Gasteiger partial charge in [0.05, 0.1) is 0 Å². The lowest BCUT2D eigenvalue weighted by Crippen LogP contribution is -1.82. The first kappa shape index (κ1) is 10.5. The SMILES string of the molecule is C=CC(=O)O.O=C(O)O. The van der Waals surface area contributed by atoms with Crippen molar-refractivity contribution in [1.29, 1.82) is 0 Å². The van der Waals surface area contributed by atoms with Crippen molar-refractivity contribution in [2.75, 3.05) is 0 Å². The fourth-order valence-electron chi connectivity index (χ4n) is 0. The normalized spacial score (nSPS) is 6.22. The molecule has 0 rings (SSSR count). The summed E-state index contributed by atoms with van der Waals surface area (Å²) < 4.78 is 0. The largest absolute Gasteiger partial charge is 0.503 e. The predicted molar refractivity (Wildman–Crippen MR) is 28.5 cm³/mol. The van der Waals surface area contributed by atoms with Crippen LogP contribution in [0.4, 0.5) is 4.79 Å². The number of carboxylic acids is 1. The second kappa shape index (κ2) is 6.48. The summed E-state index contributed by atoms with van der Waals surface area (Å²) >= 11 is 0. The maximum absolute atomic E-state index is 9.25. The van der Waals surface area contributed by atoms with Crippen LogP contribution in [-0.2, 0) is 4.79 Å². The Labute approximate surface area is 50.9 Å². The fourth-order valence-corrected chi connectivity index (χ4v) is 0. The number of rotatable bonds is 1. The highest BCUT2D eigenvalue weighted by molar-refractivity contribution is 5.78. The van der Waals surface area contributed by atoms with Gasteiger partial charge in [-0.3, -0.25) is 0 Å². The Hall–Kier alpha value is -1.52. The molecule has 0 spiro atoms. The van der Waals surface area contributed by atoms with E-state index in [0.717, 1.165) is 6.08 Å². The fraction of sp³-hybridized carbons (Fsp3) is 0. The van der Waals surface area contributed by atoms with Crippen LogP contribution in [0, 0.1) is 0 Å². The highest BCUT2D eigenvalue weighted by atomic mass is 16.6. The van der Waals surface area contributed by atoms with Crippen molar-refractivity contribution < 1.29 is 24.9 Å². The number of carboxylic acid groups (broad SMARTS) is 3. The molecule has 0 aliphatic carbocycles. The Morgan fingerprint density at radius 3 is 1.33 bits per heavy atom. The number of aliphatic carboxylic acids is 1. The van der Waals surface area contributed by atoms with Gasteiger partial charge in [-0.1, -0.05) is 6.58 Å². The molecule has 0 amide bonds. The quantitative estimate of drug-likeness (QED) is 0.453. The van der Waals surface area contributed by atoms with Crippen LogP contribution in [0.1, 0.15) is 0 Å². The molecule has 0 aromatic rings. The van der Waals surface area contributed by atoms with E-state index in [9.17, 15) is 4.79 Å². The minimum atomic E-state index is -1.83. The Kier molecular flexibility index (Phi) is 7.53. The van der Waals surface area contributed by atoms with Gasteiger partial charge in [-0.25, -0.2) is 9.59 Å². The molecule has 0 aliphatic heterocycles. The second-order valence-corrected chi connectivity index (χ2v) is 0.825. The third kappa shape index (κ3) is 564. The molecule has 0 aromatic heterocycles. The molecule has 0 unspecified atom stereocenters. The zero-order valence-corrected chi connectivity index (χ0v) is 4.44. The minimum Gasteiger partial charge on any atom is -0.478 e. The minimum absolute atomic E-state index is 0.833. The Balaban J connectivity index is 0. The van der Waals surface area contributed by atoms with Crippen molar-refractivity contribution in [3.05, 3.63) is 12.7 Å². The standard InChI is InChI=1S/C3H4O2.CH2O3/c1-2-3(4)5;2-1(3)4/h2H,1H2,(H,4,5);(H2,2,3,4). The molecule has 0 saturated heterocycles. The van der Waals surface area contributed by atoms with Crippen LogP contribution >= 0.6 is 0 Å². The molecule has 5 heteroatoms. The molecule has 0 bridgehead atoms. The first-order valence-corrected chi connectivity index (χ1v) is 1.78. The van der Waals surface area contributed by atoms with Gasteiger partial charge < -0.3 is 15.3 Å². The summed E-state index contributed by atoms with van der Waals surface area (Å²) in [5.41, 5.74) is 0. The highest BCUT2D eigenvalue weighted by Crippen LogP contribution is 1.54. The molecule has 0 radical (unpaired) electrons. The van der Waals surface area contributed by atoms with Crippen molar-refractivity contribution >= 4 is 12.1 Å². The van der Waals surface area contributed by atoms with E-state index in [1.807, 2.05) is 0 Å². The van der Waals surface area contributed by atoms with Crippen molar-refractivity contribution in [1.82, 2.24) is 0 Å². The average Bonchev–Trinajstić information content (AvgIpc) is 1.65. The number of hydrogen-bond acceptors (Lipinski definition) is 2. The summed E-state index contributed by atoms with van der Waals surface area (Å²) in [4.78, 5) is 17.8. The van der Waals surface area contributed by atoms with Crippen LogP contribution in [0.2, 0.25) is 0 Å². The van der Waals surface area contributed by atoms with E-state index in [2.05, 4.69) is 6.58 Å². The van der Waals surface area contributed by atoms with Crippen molar-refractivity contribution in [2.45, 2.75) is 0 Å². The smallest absolute Gasteiger partial charge is 0.478 e. The Bertz CT molecular complexity index is 112. The molecule has 9 heavy (non-hydrogen) atoms. The molecule has 0 heterocycles. The second-order valence-electron chi connectivity index (χ2n) is 0.825. The van der Waals surface area contributed by atoms with Gasteiger partial charge in [-0.15, -0.1) is 0 Å². The van der Waals surface area contributed by atoms with Gasteiger partial charge in [-0.2, -0.15) is 0 Å². The van der Waals surface area contributed by atoms with Crippen molar-refractivity contribution in [2.24, 2.45) is 0 Å².